The van der Waals surface area contributed by atoms with Gasteiger partial charge in [-0.2, -0.15) is 0 Å². The molecular formula is C29H29N5O4S. The standard InChI is InChI=1S/C29H29N5O4S/c1-4-38-28(37)22-13-15-23(16-14-22)31-26(35)18-39-29-33-32-25(17-30-27(36)21-10-6-5-7-11-21)34(29)24-12-8-9-19(2)20(24)3/h5-16H,4,17-18H2,1-3H3,(H,30,36)(H,31,35). The average Bonchev–Trinajstić information content (AvgIpc) is 3.35. The molecule has 9 nitrogen and oxygen atoms in total. The predicted molar refractivity (Wildman–Crippen MR) is 150 cm³/mol. The van der Waals surface area contributed by atoms with Crippen molar-refractivity contribution in [3.8, 4) is 5.69 Å². The van der Waals surface area contributed by atoms with Gasteiger partial charge in [-0.25, -0.2) is 4.79 Å². The molecule has 200 valence electrons. The molecule has 2 amide bonds. The number of aryl methyl sites for hydroxylation is 1. The molecule has 0 saturated heterocycles. The van der Waals surface area contributed by atoms with Crippen LogP contribution in [0.3, 0.4) is 0 Å². The van der Waals surface area contributed by atoms with E-state index < -0.39 is 5.97 Å². The van der Waals surface area contributed by atoms with Crippen molar-refractivity contribution >= 4 is 35.2 Å². The summed E-state index contributed by atoms with van der Waals surface area (Å²) in [5, 5.41) is 14.9. The number of hydrogen-bond acceptors (Lipinski definition) is 7. The topological polar surface area (TPSA) is 115 Å². The van der Waals surface area contributed by atoms with Gasteiger partial charge in [-0.05, 0) is 74.4 Å². The second-order valence-electron chi connectivity index (χ2n) is 8.64. The van der Waals surface area contributed by atoms with Crippen LogP contribution in [0, 0.1) is 13.8 Å². The quantitative estimate of drug-likeness (QED) is 0.220. The number of hydrogen-bond donors (Lipinski definition) is 2. The largest absolute Gasteiger partial charge is 0.462 e. The summed E-state index contributed by atoms with van der Waals surface area (Å²) < 4.78 is 6.86. The lowest BCUT2D eigenvalue weighted by molar-refractivity contribution is -0.113. The van der Waals surface area contributed by atoms with Crippen LogP contribution in [-0.2, 0) is 16.1 Å². The summed E-state index contributed by atoms with van der Waals surface area (Å²) in [7, 11) is 0. The lowest BCUT2D eigenvalue weighted by Gasteiger charge is -2.15. The first-order valence-electron chi connectivity index (χ1n) is 12.4. The molecule has 0 fully saturated rings. The number of anilines is 1. The Morgan fingerprint density at radius 3 is 2.36 bits per heavy atom. The molecular weight excluding hydrogens is 514 g/mol. The molecule has 0 saturated carbocycles. The molecule has 1 heterocycles. The molecule has 0 atom stereocenters. The number of rotatable bonds is 10. The van der Waals surface area contributed by atoms with Crippen molar-refractivity contribution in [2.75, 3.05) is 17.7 Å². The number of thioether (sulfide) groups is 1. The van der Waals surface area contributed by atoms with Gasteiger partial charge in [0, 0.05) is 11.3 Å². The molecule has 4 rings (SSSR count). The zero-order valence-electron chi connectivity index (χ0n) is 21.9. The average molecular weight is 544 g/mol. The van der Waals surface area contributed by atoms with Crippen LogP contribution in [0.4, 0.5) is 5.69 Å². The molecule has 10 heteroatoms. The Morgan fingerprint density at radius 2 is 1.64 bits per heavy atom. The lowest BCUT2D eigenvalue weighted by atomic mass is 10.1. The highest BCUT2D eigenvalue weighted by Crippen LogP contribution is 2.26. The van der Waals surface area contributed by atoms with Crippen LogP contribution in [-0.4, -0.2) is 44.9 Å². The molecule has 1 aromatic heterocycles. The van der Waals surface area contributed by atoms with E-state index in [1.807, 2.05) is 54.8 Å². The lowest BCUT2D eigenvalue weighted by Crippen LogP contribution is -2.24. The van der Waals surface area contributed by atoms with Gasteiger partial charge in [0.05, 0.1) is 30.2 Å². The maximum atomic E-state index is 12.7. The van der Waals surface area contributed by atoms with Crippen molar-refractivity contribution in [2.45, 2.75) is 32.5 Å². The summed E-state index contributed by atoms with van der Waals surface area (Å²) in [6, 6.07) is 21.4. The van der Waals surface area contributed by atoms with E-state index in [2.05, 4.69) is 20.8 Å². The smallest absolute Gasteiger partial charge is 0.338 e. The van der Waals surface area contributed by atoms with Crippen molar-refractivity contribution in [1.82, 2.24) is 20.1 Å². The van der Waals surface area contributed by atoms with Gasteiger partial charge in [0.25, 0.3) is 5.91 Å². The Balaban J connectivity index is 1.48. The normalized spacial score (nSPS) is 10.6. The van der Waals surface area contributed by atoms with Crippen LogP contribution >= 0.6 is 11.8 Å². The first-order valence-corrected chi connectivity index (χ1v) is 13.4. The minimum atomic E-state index is -0.410. The minimum absolute atomic E-state index is 0.0823. The maximum Gasteiger partial charge on any atom is 0.338 e. The Labute approximate surface area is 231 Å². The van der Waals surface area contributed by atoms with Crippen molar-refractivity contribution < 1.29 is 19.1 Å². The third-order valence-corrected chi connectivity index (χ3v) is 6.90. The third kappa shape index (κ3) is 6.91. The molecule has 0 aliphatic heterocycles. The fourth-order valence-corrected chi connectivity index (χ4v) is 4.57. The molecule has 0 radical (unpaired) electrons. The number of benzene rings is 3. The van der Waals surface area contributed by atoms with Gasteiger partial charge < -0.3 is 15.4 Å². The number of aromatic nitrogens is 3. The number of carbonyl (C=O) groups excluding carboxylic acids is 3. The Morgan fingerprint density at radius 1 is 0.897 bits per heavy atom. The van der Waals surface area contributed by atoms with E-state index in [0.717, 1.165) is 16.8 Å². The van der Waals surface area contributed by atoms with Crippen molar-refractivity contribution in [3.63, 3.8) is 0 Å². The highest BCUT2D eigenvalue weighted by Gasteiger charge is 2.19. The predicted octanol–water partition coefficient (Wildman–Crippen LogP) is 4.72. The van der Waals surface area contributed by atoms with E-state index in [9.17, 15) is 14.4 Å². The highest BCUT2D eigenvalue weighted by atomic mass is 32.2. The van der Waals surface area contributed by atoms with Crippen LogP contribution in [0.5, 0.6) is 0 Å². The van der Waals surface area contributed by atoms with E-state index in [-0.39, 0.29) is 24.1 Å². The van der Waals surface area contributed by atoms with Crippen LogP contribution in [0.25, 0.3) is 5.69 Å². The Kier molecular flexibility index (Phi) is 9.11. The number of ether oxygens (including phenoxy) is 1. The molecule has 0 spiro atoms. The molecule has 0 unspecified atom stereocenters. The fourth-order valence-electron chi connectivity index (χ4n) is 3.81. The maximum absolute atomic E-state index is 12.7. The number of amides is 2. The highest BCUT2D eigenvalue weighted by molar-refractivity contribution is 7.99. The van der Waals surface area contributed by atoms with Gasteiger partial charge in [0.1, 0.15) is 0 Å². The Bertz CT molecular complexity index is 1470. The minimum Gasteiger partial charge on any atom is -0.462 e. The number of carbonyl (C=O) groups is 3. The molecule has 0 bridgehead atoms. The van der Waals surface area contributed by atoms with Crippen LogP contribution < -0.4 is 10.6 Å². The second-order valence-corrected chi connectivity index (χ2v) is 9.58. The summed E-state index contributed by atoms with van der Waals surface area (Å²) >= 11 is 1.24. The summed E-state index contributed by atoms with van der Waals surface area (Å²) in [6.45, 7) is 6.23. The summed E-state index contributed by atoms with van der Waals surface area (Å²) in [6.07, 6.45) is 0. The van der Waals surface area contributed by atoms with Crippen LogP contribution in [0.1, 0.15) is 44.6 Å². The third-order valence-electron chi connectivity index (χ3n) is 5.97. The van der Waals surface area contributed by atoms with E-state index in [0.29, 0.717) is 34.4 Å². The van der Waals surface area contributed by atoms with Crippen molar-refractivity contribution in [3.05, 3.63) is 101 Å². The van der Waals surface area contributed by atoms with E-state index in [1.165, 1.54) is 11.8 Å². The number of nitrogens with one attached hydrogen (secondary N) is 2. The molecule has 0 aliphatic rings. The molecule has 39 heavy (non-hydrogen) atoms. The van der Waals surface area contributed by atoms with Gasteiger partial charge in [-0.15, -0.1) is 10.2 Å². The molecule has 3 aromatic carbocycles. The van der Waals surface area contributed by atoms with Gasteiger partial charge in [0.15, 0.2) is 11.0 Å². The molecule has 0 aliphatic carbocycles. The van der Waals surface area contributed by atoms with Crippen molar-refractivity contribution in [2.24, 2.45) is 0 Å². The summed E-state index contributed by atoms with van der Waals surface area (Å²) in [5.41, 5.74) is 4.55. The van der Waals surface area contributed by atoms with Gasteiger partial charge in [0.2, 0.25) is 5.91 Å². The monoisotopic (exact) mass is 543 g/mol. The van der Waals surface area contributed by atoms with E-state index in [1.54, 1.807) is 43.3 Å². The Hall–Kier alpha value is -4.44. The zero-order valence-corrected chi connectivity index (χ0v) is 22.7. The van der Waals surface area contributed by atoms with Crippen LogP contribution in [0.15, 0.2) is 78.0 Å². The SMILES string of the molecule is CCOC(=O)c1ccc(NC(=O)CSc2nnc(CNC(=O)c3ccccc3)n2-c2cccc(C)c2C)cc1. The second kappa shape index (κ2) is 12.9. The molecule has 4 aromatic rings. The zero-order chi connectivity index (χ0) is 27.8. The number of esters is 1. The summed E-state index contributed by atoms with van der Waals surface area (Å²) in [5.74, 6) is -0.233. The molecule has 2 N–H and O–H groups in total. The fraction of sp³-hybridized carbons (Fsp3) is 0.207. The summed E-state index contributed by atoms with van der Waals surface area (Å²) in [4.78, 5) is 37.2. The van der Waals surface area contributed by atoms with E-state index in [4.69, 9.17) is 4.74 Å². The van der Waals surface area contributed by atoms with Gasteiger partial charge in [-0.1, -0.05) is 42.1 Å². The number of nitrogens with zero attached hydrogens (tertiary/aromatic N) is 3. The van der Waals surface area contributed by atoms with E-state index >= 15 is 0 Å². The van der Waals surface area contributed by atoms with Gasteiger partial charge >= 0.3 is 5.97 Å². The van der Waals surface area contributed by atoms with Crippen molar-refractivity contribution in [1.29, 1.82) is 0 Å². The van der Waals surface area contributed by atoms with Crippen LogP contribution in [0.2, 0.25) is 0 Å². The van der Waals surface area contributed by atoms with Gasteiger partial charge in [-0.3, -0.25) is 14.2 Å². The first kappa shape index (κ1) is 27.6. The first-order chi connectivity index (χ1) is 18.9.